The molecule has 1 aliphatic carbocycles. The Balaban J connectivity index is 2.35. The summed E-state index contributed by atoms with van der Waals surface area (Å²) in [5, 5.41) is 2.42. The van der Waals surface area contributed by atoms with Gasteiger partial charge in [-0.1, -0.05) is 40.0 Å². The van der Waals surface area contributed by atoms with E-state index in [0.29, 0.717) is 18.8 Å². The van der Waals surface area contributed by atoms with Gasteiger partial charge in [0.1, 0.15) is 5.41 Å². The van der Waals surface area contributed by atoms with Crippen LogP contribution in [-0.2, 0) is 9.59 Å². The fraction of sp³-hybridized carbons (Fsp3) is 0.812. The van der Waals surface area contributed by atoms with Gasteiger partial charge in [-0.2, -0.15) is 0 Å². The molecule has 4 amide bonds. The average molecular weight is 294 g/mol. The molecule has 1 heterocycles. The normalized spacial score (nSPS) is 29.5. The zero-order valence-corrected chi connectivity index (χ0v) is 13.3. The second-order valence-electron chi connectivity index (χ2n) is 6.24. The summed E-state index contributed by atoms with van der Waals surface area (Å²) in [5.41, 5.74) is -1.07. The lowest BCUT2D eigenvalue weighted by molar-refractivity contribution is -0.155. The summed E-state index contributed by atoms with van der Waals surface area (Å²) in [5.74, 6) is -0.359. The molecule has 5 heteroatoms. The molecule has 0 aromatic heterocycles. The third kappa shape index (κ3) is 2.47. The molecule has 118 valence electrons. The average Bonchev–Trinajstić information content (AvgIpc) is 2.49. The van der Waals surface area contributed by atoms with E-state index in [4.69, 9.17) is 0 Å². The Morgan fingerprint density at radius 1 is 1.10 bits per heavy atom. The summed E-state index contributed by atoms with van der Waals surface area (Å²) < 4.78 is 0. The maximum Gasteiger partial charge on any atom is 0.331 e. The summed E-state index contributed by atoms with van der Waals surface area (Å²) in [4.78, 5) is 38.8. The van der Waals surface area contributed by atoms with E-state index in [1.807, 2.05) is 13.8 Å². The third-order valence-electron chi connectivity index (χ3n) is 5.43. The fourth-order valence-corrected chi connectivity index (χ4v) is 3.88. The number of nitrogens with one attached hydrogen (secondary N) is 1. The van der Waals surface area contributed by atoms with Gasteiger partial charge in [-0.05, 0) is 31.6 Å². The van der Waals surface area contributed by atoms with Crippen LogP contribution in [0.1, 0.15) is 65.7 Å². The van der Waals surface area contributed by atoms with Crippen molar-refractivity contribution in [1.29, 1.82) is 0 Å². The smallest absolute Gasteiger partial charge is 0.277 e. The topological polar surface area (TPSA) is 66.5 Å². The van der Waals surface area contributed by atoms with Crippen molar-refractivity contribution < 1.29 is 14.4 Å². The van der Waals surface area contributed by atoms with Crippen LogP contribution in [0.3, 0.4) is 0 Å². The molecule has 0 spiro atoms. The van der Waals surface area contributed by atoms with Gasteiger partial charge in [0.2, 0.25) is 11.8 Å². The van der Waals surface area contributed by atoms with Crippen LogP contribution < -0.4 is 5.32 Å². The number of amides is 4. The van der Waals surface area contributed by atoms with E-state index < -0.39 is 17.4 Å². The number of imide groups is 2. The fourth-order valence-electron chi connectivity index (χ4n) is 3.88. The summed E-state index contributed by atoms with van der Waals surface area (Å²) in [7, 11) is 0. The van der Waals surface area contributed by atoms with Crippen molar-refractivity contribution in [1.82, 2.24) is 10.2 Å². The zero-order valence-electron chi connectivity index (χ0n) is 13.3. The van der Waals surface area contributed by atoms with Crippen molar-refractivity contribution in [2.75, 3.05) is 0 Å². The van der Waals surface area contributed by atoms with Crippen molar-refractivity contribution in [3.05, 3.63) is 0 Å². The third-order valence-corrected chi connectivity index (χ3v) is 5.43. The molecule has 2 aliphatic rings. The number of hydrogen-bond donors (Lipinski definition) is 1. The lowest BCUT2D eigenvalue weighted by Crippen LogP contribution is -2.67. The molecular weight excluding hydrogens is 268 g/mol. The summed E-state index contributed by atoms with van der Waals surface area (Å²) >= 11 is 0. The van der Waals surface area contributed by atoms with Crippen molar-refractivity contribution >= 4 is 17.8 Å². The van der Waals surface area contributed by atoms with Gasteiger partial charge in [0.15, 0.2) is 0 Å². The second-order valence-corrected chi connectivity index (χ2v) is 6.24. The van der Waals surface area contributed by atoms with Gasteiger partial charge in [0, 0.05) is 6.04 Å². The largest absolute Gasteiger partial charge is 0.331 e. The van der Waals surface area contributed by atoms with Gasteiger partial charge in [0.25, 0.3) is 0 Å². The highest BCUT2D eigenvalue weighted by Gasteiger charge is 2.53. The van der Waals surface area contributed by atoms with Gasteiger partial charge in [-0.25, -0.2) is 4.79 Å². The maximum absolute atomic E-state index is 12.9. The molecule has 1 saturated carbocycles. The molecule has 1 aliphatic heterocycles. The number of barbiturate groups is 1. The minimum absolute atomic E-state index is 0.0539. The molecule has 0 bridgehead atoms. The molecule has 21 heavy (non-hydrogen) atoms. The number of nitrogens with zero attached hydrogens (tertiary/aromatic N) is 1. The molecule has 0 aromatic rings. The monoisotopic (exact) mass is 294 g/mol. The number of carbonyl (C=O) groups excluding carboxylic acids is 3. The summed E-state index contributed by atoms with van der Waals surface area (Å²) in [6, 6.07) is -0.574. The molecule has 2 unspecified atom stereocenters. The molecule has 2 rings (SSSR count). The highest BCUT2D eigenvalue weighted by Crippen LogP contribution is 2.38. The van der Waals surface area contributed by atoms with Gasteiger partial charge in [-0.15, -0.1) is 0 Å². The van der Waals surface area contributed by atoms with Gasteiger partial charge < -0.3 is 0 Å². The predicted molar refractivity (Wildman–Crippen MR) is 79.4 cm³/mol. The van der Waals surface area contributed by atoms with Crippen LogP contribution in [0, 0.1) is 11.3 Å². The predicted octanol–water partition coefficient (Wildman–Crippen LogP) is 2.84. The van der Waals surface area contributed by atoms with Crippen LogP contribution in [0.5, 0.6) is 0 Å². The van der Waals surface area contributed by atoms with Crippen molar-refractivity contribution in [2.24, 2.45) is 11.3 Å². The first-order chi connectivity index (χ1) is 10.0. The van der Waals surface area contributed by atoms with E-state index >= 15 is 0 Å². The molecule has 5 nitrogen and oxygen atoms in total. The minimum atomic E-state index is -1.07. The van der Waals surface area contributed by atoms with E-state index in [1.54, 1.807) is 0 Å². The van der Waals surface area contributed by atoms with Crippen LogP contribution in [0.2, 0.25) is 0 Å². The molecule has 0 radical (unpaired) electrons. The van der Waals surface area contributed by atoms with E-state index in [-0.39, 0.29) is 11.9 Å². The molecule has 2 atom stereocenters. The van der Waals surface area contributed by atoms with Crippen molar-refractivity contribution in [3.8, 4) is 0 Å². The highest BCUT2D eigenvalue weighted by atomic mass is 16.2. The van der Waals surface area contributed by atoms with Crippen LogP contribution in [0.15, 0.2) is 0 Å². The van der Waals surface area contributed by atoms with Crippen molar-refractivity contribution in [3.63, 3.8) is 0 Å². The Labute approximate surface area is 126 Å². The van der Waals surface area contributed by atoms with Gasteiger partial charge in [-0.3, -0.25) is 19.8 Å². The van der Waals surface area contributed by atoms with E-state index in [2.05, 4.69) is 12.2 Å². The molecular formula is C16H26N2O3. The molecule has 1 saturated heterocycles. The Morgan fingerprint density at radius 3 is 2.29 bits per heavy atom. The first-order valence-electron chi connectivity index (χ1n) is 8.20. The Bertz CT molecular complexity index is 443. The zero-order chi connectivity index (χ0) is 15.6. The SMILES string of the molecule is CCC1CCCCC1N1C(=O)NC(=O)C(CC)(CC)C1=O. The highest BCUT2D eigenvalue weighted by molar-refractivity contribution is 6.19. The Kier molecular flexibility index (Phi) is 4.69. The lowest BCUT2D eigenvalue weighted by Gasteiger charge is -2.45. The van der Waals surface area contributed by atoms with Crippen molar-refractivity contribution in [2.45, 2.75) is 71.8 Å². The summed E-state index contributed by atoms with van der Waals surface area (Å²) in [6.07, 6.45) is 5.93. The number of hydrogen-bond acceptors (Lipinski definition) is 3. The first kappa shape index (κ1) is 16.0. The maximum atomic E-state index is 12.9. The van der Waals surface area contributed by atoms with Crippen LogP contribution in [0.4, 0.5) is 4.79 Å². The van der Waals surface area contributed by atoms with E-state index in [0.717, 1.165) is 32.1 Å². The molecule has 2 fully saturated rings. The standard InChI is InChI=1S/C16H26N2O3/c1-4-11-9-7-8-10-12(11)18-14(20)16(5-2,6-3)13(19)17-15(18)21/h11-12H,4-10H2,1-3H3,(H,17,19,21). The van der Waals surface area contributed by atoms with Crippen LogP contribution in [-0.4, -0.2) is 28.8 Å². The molecule has 0 aromatic carbocycles. The van der Waals surface area contributed by atoms with E-state index in [9.17, 15) is 14.4 Å². The van der Waals surface area contributed by atoms with Gasteiger partial charge >= 0.3 is 6.03 Å². The number of carbonyl (C=O) groups is 3. The Morgan fingerprint density at radius 2 is 1.71 bits per heavy atom. The van der Waals surface area contributed by atoms with Crippen LogP contribution >= 0.6 is 0 Å². The Hall–Kier alpha value is -1.39. The molecule has 1 N–H and O–H groups in total. The van der Waals surface area contributed by atoms with Gasteiger partial charge in [0.05, 0.1) is 0 Å². The first-order valence-corrected chi connectivity index (χ1v) is 8.20. The lowest BCUT2D eigenvalue weighted by atomic mass is 9.76. The van der Waals surface area contributed by atoms with Crippen LogP contribution in [0.25, 0.3) is 0 Å². The number of urea groups is 1. The minimum Gasteiger partial charge on any atom is -0.277 e. The second kappa shape index (κ2) is 6.16. The summed E-state index contributed by atoms with van der Waals surface area (Å²) in [6.45, 7) is 5.79. The number of rotatable bonds is 4. The van der Waals surface area contributed by atoms with E-state index in [1.165, 1.54) is 4.90 Å². The quantitative estimate of drug-likeness (QED) is 0.811.